The standard InChI is InChI=1S/C15H32N4S.HI/c1-4-10-19(6-3)11-9-17-15(16-5-2)18-13-14-8-7-12-20-14;/h14H,4-13H2,1-3H3,(H2,16,17,18);1H. The van der Waals surface area contributed by atoms with Gasteiger partial charge in [0.25, 0.3) is 0 Å². The molecule has 2 N–H and O–H groups in total. The van der Waals surface area contributed by atoms with Crippen molar-refractivity contribution in [3.63, 3.8) is 0 Å². The Morgan fingerprint density at radius 1 is 1.24 bits per heavy atom. The number of hydrogen-bond donors (Lipinski definition) is 2. The van der Waals surface area contributed by atoms with E-state index in [9.17, 15) is 0 Å². The van der Waals surface area contributed by atoms with Crippen LogP contribution < -0.4 is 10.6 Å². The minimum Gasteiger partial charge on any atom is -0.357 e. The molecule has 1 rings (SSSR count). The monoisotopic (exact) mass is 428 g/mol. The number of aliphatic imine (C=N–C) groups is 1. The second-order valence-electron chi connectivity index (χ2n) is 5.22. The Balaban J connectivity index is 0.00000400. The summed E-state index contributed by atoms with van der Waals surface area (Å²) in [5.74, 6) is 2.29. The predicted octanol–water partition coefficient (Wildman–Crippen LogP) is 2.79. The Morgan fingerprint density at radius 3 is 2.62 bits per heavy atom. The highest BCUT2D eigenvalue weighted by atomic mass is 127. The van der Waals surface area contributed by atoms with E-state index < -0.39 is 0 Å². The Morgan fingerprint density at radius 2 is 2.05 bits per heavy atom. The van der Waals surface area contributed by atoms with Gasteiger partial charge in [0.2, 0.25) is 0 Å². The molecule has 0 aromatic heterocycles. The van der Waals surface area contributed by atoms with Crippen LogP contribution in [0.15, 0.2) is 4.99 Å². The van der Waals surface area contributed by atoms with Crippen molar-refractivity contribution in [3.05, 3.63) is 0 Å². The maximum absolute atomic E-state index is 4.72. The molecule has 1 atom stereocenters. The smallest absolute Gasteiger partial charge is 0.191 e. The summed E-state index contributed by atoms with van der Waals surface area (Å²) in [6.07, 6.45) is 3.91. The Labute approximate surface area is 152 Å². The van der Waals surface area contributed by atoms with Gasteiger partial charge in [-0.1, -0.05) is 13.8 Å². The molecule has 0 bridgehead atoms. The fourth-order valence-corrected chi connectivity index (χ4v) is 3.58. The molecule has 1 fully saturated rings. The van der Waals surface area contributed by atoms with Gasteiger partial charge in [-0.2, -0.15) is 11.8 Å². The van der Waals surface area contributed by atoms with Crippen LogP contribution in [-0.4, -0.2) is 61.1 Å². The van der Waals surface area contributed by atoms with E-state index in [1.165, 1.54) is 31.6 Å². The van der Waals surface area contributed by atoms with Gasteiger partial charge in [0, 0.05) is 24.9 Å². The first kappa shape index (κ1) is 21.3. The molecule has 126 valence electrons. The quantitative estimate of drug-likeness (QED) is 0.337. The van der Waals surface area contributed by atoms with E-state index in [4.69, 9.17) is 4.99 Å². The molecule has 1 saturated heterocycles. The first-order valence-electron chi connectivity index (χ1n) is 8.16. The summed E-state index contributed by atoms with van der Waals surface area (Å²) >= 11 is 2.07. The van der Waals surface area contributed by atoms with Crippen LogP contribution in [0.1, 0.15) is 40.0 Å². The zero-order valence-corrected chi connectivity index (χ0v) is 17.0. The topological polar surface area (TPSA) is 39.7 Å². The molecule has 0 radical (unpaired) electrons. The van der Waals surface area contributed by atoms with Crippen LogP contribution in [0, 0.1) is 0 Å². The van der Waals surface area contributed by atoms with E-state index in [2.05, 4.69) is 48.1 Å². The van der Waals surface area contributed by atoms with Crippen LogP contribution in [0.5, 0.6) is 0 Å². The molecule has 0 spiro atoms. The van der Waals surface area contributed by atoms with Crippen LogP contribution >= 0.6 is 35.7 Å². The summed E-state index contributed by atoms with van der Waals surface area (Å²) < 4.78 is 0. The maximum Gasteiger partial charge on any atom is 0.191 e. The molecule has 1 aliphatic rings. The molecule has 0 amide bonds. The summed E-state index contributed by atoms with van der Waals surface area (Å²) in [6.45, 7) is 12.8. The Kier molecular flexibility index (Phi) is 14.1. The van der Waals surface area contributed by atoms with Crippen molar-refractivity contribution in [1.29, 1.82) is 0 Å². The number of nitrogens with zero attached hydrogens (tertiary/aromatic N) is 2. The molecular weight excluding hydrogens is 395 g/mol. The number of halogens is 1. The summed E-state index contributed by atoms with van der Waals surface area (Å²) in [5.41, 5.74) is 0. The van der Waals surface area contributed by atoms with Crippen LogP contribution in [0.2, 0.25) is 0 Å². The molecule has 21 heavy (non-hydrogen) atoms. The second kappa shape index (κ2) is 13.9. The lowest BCUT2D eigenvalue weighted by molar-refractivity contribution is 0.293. The summed E-state index contributed by atoms with van der Waals surface area (Å²) in [4.78, 5) is 7.19. The lowest BCUT2D eigenvalue weighted by atomic mass is 10.2. The maximum atomic E-state index is 4.72. The third kappa shape index (κ3) is 9.84. The molecule has 0 saturated carbocycles. The highest BCUT2D eigenvalue weighted by molar-refractivity contribution is 14.0. The molecule has 6 heteroatoms. The van der Waals surface area contributed by atoms with Crippen LogP contribution in [0.4, 0.5) is 0 Å². The number of thioether (sulfide) groups is 1. The van der Waals surface area contributed by atoms with Crippen molar-refractivity contribution in [2.45, 2.75) is 45.3 Å². The molecule has 0 aromatic rings. The van der Waals surface area contributed by atoms with Gasteiger partial charge in [0.05, 0.1) is 6.54 Å². The normalized spacial score (nSPS) is 18.7. The highest BCUT2D eigenvalue weighted by Crippen LogP contribution is 2.25. The van der Waals surface area contributed by atoms with Gasteiger partial charge in [0.15, 0.2) is 5.96 Å². The third-order valence-electron chi connectivity index (χ3n) is 3.53. The van der Waals surface area contributed by atoms with E-state index in [0.717, 1.165) is 43.9 Å². The van der Waals surface area contributed by atoms with Gasteiger partial charge in [-0.15, -0.1) is 24.0 Å². The van der Waals surface area contributed by atoms with Gasteiger partial charge in [-0.25, -0.2) is 0 Å². The van der Waals surface area contributed by atoms with Crippen molar-refractivity contribution in [2.75, 3.05) is 45.0 Å². The average molecular weight is 428 g/mol. The van der Waals surface area contributed by atoms with Gasteiger partial charge in [-0.3, -0.25) is 4.99 Å². The number of likely N-dealkylation sites (N-methyl/N-ethyl adjacent to an activating group) is 1. The van der Waals surface area contributed by atoms with E-state index in [0.29, 0.717) is 0 Å². The fraction of sp³-hybridized carbons (Fsp3) is 0.933. The predicted molar refractivity (Wildman–Crippen MR) is 107 cm³/mol. The van der Waals surface area contributed by atoms with Gasteiger partial charge in [0.1, 0.15) is 0 Å². The number of guanidine groups is 1. The largest absolute Gasteiger partial charge is 0.357 e. The van der Waals surface area contributed by atoms with Crippen LogP contribution in [0.25, 0.3) is 0 Å². The number of nitrogens with one attached hydrogen (secondary N) is 2. The van der Waals surface area contributed by atoms with E-state index in [1.54, 1.807) is 0 Å². The van der Waals surface area contributed by atoms with Crippen molar-refractivity contribution >= 4 is 41.7 Å². The molecule has 4 nitrogen and oxygen atoms in total. The first-order valence-corrected chi connectivity index (χ1v) is 9.21. The van der Waals surface area contributed by atoms with Crippen molar-refractivity contribution in [3.8, 4) is 0 Å². The van der Waals surface area contributed by atoms with Crippen LogP contribution in [-0.2, 0) is 0 Å². The number of hydrogen-bond acceptors (Lipinski definition) is 3. The fourth-order valence-electron chi connectivity index (χ4n) is 2.40. The molecule has 1 unspecified atom stereocenters. The van der Waals surface area contributed by atoms with E-state index in [1.807, 2.05) is 0 Å². The molecule has 1 heterocycles. The zero-order chi connectivity index (χ0) is 14.6. The third-order valence-corrected chi connectivity index (χ3v) is 4.91. The minimum atomic E-state index is 0. The van der Waals surface area contributed by atoms with Crippen molar-refractivity contribution < 1.29 is 0 Å². The van der Waals surface area contributed by atoms with Crippen molar-refractivity contribution in [2.24, 2.45) is 4.99 Å². The molecular formula is C15H33IN4S. The summed E-state index contributed by atoms with van der Waals surface area (Å²) in [6, 6.07) is 0. The van der Waals surface area contributed by atoms with Gasteiger partial charge in [-0.05, 0) is 45.0 Å². The lowest BCUT2D eigenvalue weighted by Crippen LogP contribution is -2.42. The van der Waals surface area contributed by atoms with Gasteiger partial charge >= 0.3 is 0 Å². The van der Waals surface area contributed by atoms with Crippen molar-refractivity contribution in [1.82, 2.24) is 15.5 Å². The van der Waals surface area contributed by atoms with E-state index >= 15 is 0 Å². The minimum absolute atomic E-state index is 0. The lowest BCUT2D eigenvalue weighted by Gasteiger charge is -2.20. The summed E-state index contributed by atoms with van der Waals surface area (Å²) in [5, 5.41) is 7.53. The SMILES string of the molecule is CCCN(CC)CCNC(=NCC1CCCS1)NCC.I. The Bertz CT molecular complexity index is 270. The molecule has 0 aliphatic carbocycles. The Hall–Kier alpha value is 0.310. The molecule has 0 aromatic carbocycles. The first-order chi connectivity index (χ1) is 9.80. The van der Waals surface area contributed by atoms with E-state index in [-0.39, 0.29) is 24.0 Å². The van der Waals surface area contributed by atoms with Gasteiger partial charge < -0.3 is 15.5 Å². The zero-order valence-electron chi connectivity index (χ0n) is 13.9. The van der Waals surface area contributed by atoms with Crippen LogP contribution in [0.3, 0.4) is 0 Å². The summed E-state index contributed by atoms with van der Waals surface area (Å²) in [7, 11) is 0. The second-order valence-corrected chi connectivity index (χ2v) is 6.62. The average Bonchev–Trinajstić information content (AvgIpc) is 2.97. The highest BCUT2D eigenvalue weighted by Gasteiger charge is 2.14. The number of rotatable bonds is 9. The molecule has 1 aliphatic heterocycles.